The largest absolute Gasteiger partial charge is 0.459 e. The first-order valence-corrected chi connectivity index (χ1v) is 17.3. The van der Waals surface area contributed by atoms with E-state index in [9.17, 15) is 28.8 Å². The molecule has 4 rings (SSSR count). The number of ether oxygens (including phenoxy) is 6. The molecule has 0 saturated heterocycles. The Morgan fingerprint density at radius 2 is 0.966 bits per heavy atom. The van der Waals surface area contributed by atoms with Gasteiger partial charge in [0.15, 0.2) is 12.6 Å². The lowest BCUT2D eigenvalue weighted by Gasteiger charge is -2.06. The van der Waals surface area contributed by atoms with Gasteiger partial charge in [0, 0.05) is 41.0 Å². The Kier molecular flexibility index (Phi) is 17.8. The summed E-state index contributed by atoms with van der Waals surface area (Å²) in [5.41, 5.74) is 26.4. The number of hydrogen-bond acceptors (Lipinski definition) is 16. The molecule has 0 radical (unpaired) electrons. The van der Waals surface area contributed by atoms with Gasteiger partial charge in [-0.25, -0.2) is 24.0 Å². The maximum atomic E-state index is 12.2. The van der Waals surface area contributed by atoms with Crippen LogP contribution in [0.3, 0.4) is 0 Å². The summed E-state index contributed by atoms with van der Waals surface area (Å²) in [5, 5.41) is 0. The van der Waals surface area contributed by atoms with Crippen LogP contribution < -0.4 is 32.4 Å². The van der Waals surface area contributed by atoms with Gasteiger partial charge in [-0.1, -0.05) is 37.4 Å². The summed E-state index contributed by atoms with van der Waals surface area (Å²) in [6, 6.07) is 21.9. The van der Waals surface area contributed by atoms with Crippen molar-refractivity contribution in [3.05, 3.63) is 144 Å². The van der Waals surface area contributed by atoms with E-state index in [1.54, 1.807) is 55.5 Å². The third-order valence-electron chi connectivity index (χ3n) is 7.16. The Hall–Kier alpha value is -7.98. The standard InChI is InChI=1S/C22H22N2O6.C21H20N2O6/c1-14(2)20(25)12-28-13-29-21(26)8-5-15-3-6-19(7-4-15)30-22(27)16-9-17(23)11-18(24)10-16;1-2-19(24)27-9-10-28-20(25)8-5-14-3-6-18(7-4-14)29-21(26)15-11-16(22)13-17(23)12-15/h3-11H,1,12-13,23-24H2,2H3;2-8,11-13H,1,9-10,22-23H2/b2*8-5+. The lowest BCUT2D eigenvalue weighted by atomic mass is 10.1. The van der Waals surface area contributed by atoms with Gasteiger partial charge >= 0.3 is 29.8 Å². The molecule has 0 saturated carbocycles. The highest BCUT2D eigenvalue weighted by Crippen LogP contribution is 2.20. The number of nitrogen functional groups attached to an aromatic ring is 4. The van der Waals surface area contributed by atoms with Crippen molar-refractivity contribution in [1.82, 2.24) is 0 Å². The summed E-state index contributed by atoms with van der Waals surface area (Å²) in [6.45, 7) is 7.65. The summed E-state index contributed by atoms with van der Waals surface area (Å²) < 4.78 is 29.9. The van der Waals surface area contributed by atoms with Crippen LogP contribution in [-0.2, 0) is 38.1 Å². The number of benzene rings is 4. The Bertz CT molecular complexity index is 2190. The Labute approximate surface area is 339 Å². The van der Waals surface area contributed by atoms with Crippen molar-refractivity contribution in [2.45, 2.75) is 6.92 Å². The molecule has 0 heterocycles. The predicted octanol–water partition coefficient (Wildman–Crippen LogP) is 5.10. The second-order valence-corrected chi connectivity index (χ2v) is 12.0. The molecule has 0 bridgehead atoms. The molecule has 0 fully saturated rings. The SMILES string of the molecule is C=C(C)C(=O)COCOC(=O)/C=C/c1ccc(OC(=O)c2cc(N)cc(N)c2)cc1.C=CC(=O)OCCOC(=O)/C=C/c1ccc(OC(=O)c2cc(N)cc(N)c2)cc1. The lowest BCUT2D eigenvalue weighted by molar-refractivity contribution is -0.152. The fourth-order valence-corrected chi connectivity index (χ4v) is 4.34. The summed E-state index contributed by atoms with van der Waals surface area (Å²) in [6.07, 6.45) is 6.51. The molecule has 0 aliphatic rings. The number of carbonyl (C=O) groups excluding carboxylic acids is 6. The van der Waals surface area contributed by atoms with Gasteiger partial charge in [0.05, 0.1) is 11.1 Å². The number of ketones is 1. The first-order chi connectivity index (χ1) is 28.1. The maximum absolute atomic E-state index is 12.2. The van der Waals surface area contributed by atoms with Gasteiger partial charge in [-0.15, -0.1) is 0 Å². The molecule has 8 N–H and O–H groups in total. The predicted molar refractivity (Wildman–Crippen MR) is 220 cm³/mol. The molecule has 4 aromatic rings. The maximum Gasteiger partial charge on any atom is 0.343 e. The molecule has 0 unspecified atom stereocenters. The number of Topliss-reactive ketones (excluding diaryl/α,β-unsaturated/α-hetero) is 1. The highest BCUT2D eigenvalue weighted by atomic mass is 16.7. The van der Waals surface area contributed by atoms with Crippen LogP contribution in [0.25, 0.3) is 12.2 Å². The van der Waals surface area contributed by atoms with Crippen molar-refractivity contribution < 1.29 is 57.2 Å². The zero-order chi connectivity index (χ0) is 43.3. The third-order valence-corrected chi connectivity index (χ3v) is 7.16. The van der Waals surface area contributed by atoms with Crippen molar-refractivity contribution in [3.8, 4) is 11.5 Å². The van der Waals surface area contributed by atoms with Crippen molar-refractivity contribution in [1.29, 1.82) is 0 Å². The summed E-state index contributed by atoms with van der Waals surface area (Å²) in [4.78, 5) is 69.7. The summed E-state index contributed by atoms with van der Waals surface area (Å²) in [7, 11) is 0. The van der Waals surface area contributed by atoms with E-state index in [0.29, 0.717) is 50.9 Å². The minimum Gasteiger partial charge on any atom is -0.459 e. The van der Waals surface area contributed by atoms with E-state index in [0.717, 1.165) is 6.08 Å². The van der Waals surface area contributed by atoms with Crippen LogP contribution in [0.5, 0.6) is 11.5 Å². The summed E-state index contributed by atoms with van der Waals surface area (Å²) in [5.74, 6) is -2.62. The molecule has 306 valence electrons. The van der Waals surface area contributed by atoms with Gasteiger partial charge < -0.3 is 51.4 Å². The van der Waals surface area contributed by atoms with Crippen LogP contribution in [0.15, 0.2) is 122 Å². The number of hydrogen-bond donors (Lipinski definition) is 4. The number of nitrogens with two attached hydrogens (primary N) is 4. The minimum absolute atomic E-state index is 0.0524. The van der Waals surface area contributed by atoms with E-state index in [4.69, 9.17) is 46.6 Å². The fraction of sp³-hybridized carbons (Fsp3) is 0.116. The number of carbonyl (C=O) groups is 6. The molecule has 0 aromatic heterocycles. The van der Waals surface area contributed by atoms with Crippen LogP contribution in [-0.4, -0.2) is 62.2 Å². The topological polar surface area (TPSA) is 262 Å². The van der Waals surface area contributed by atoms with E-state index < -0.39 is 29.8 Å². The highest BCUT2D eigenvalue weighted by Gasteiger charge is 2.12. The molecular weight excluding hydrogens is 764 g/mol. The lowest BCUT2D eigenvalue weighted by Crippen LogP contribution is -2.13. The van der Waals surface area contributed by atoms with Crippen molar-refractivity contribution in [3.63, 3.8) is 0 Å². The number of anilines is 4. The fourth-order valence-electron chi connectivity index (χ4n) is 4.34. The van der Waals surface area contributed by atoms with Gasteiger partial charge in [-0.05, 0) is 96.4 Å². The monoisotopic (exact) mass is 806 g/mol. The molecule has 0 atom stereocenters. The van der Waals surface area contributed by atoms with Gasteiger partial charge in [0.2, 0.25) is 0 Å². The van der Waals surface area contributed by atoms with Crippen LogP contribution in [0.2, 0.25) is 0 Å². The van der Waals surface area contributed by atoms with Gasteiger partial charge in [0.1, 0.15) is 31.3 Å². The number of rotatable bonds is 17. The molecular formula is C43H42N4O12. The van der Waals surface area contributed by atoms with Crippen LogP contribution >= 0.6 is 0 Å². The van der Waals surface area contributed by atoms with Crippen molar-refractivity contribution >= 4 is 70.5 Å². The smallest absolute Gasteiger partial charge is 0.343 e. The molecule has 0 aliphatic heterocycles. The normalized spacial score (nSPS) is 10.5. The van der Waals surface area contributed by atoms with E-state index >= 15 is 0 Å². The quantitative estimate of drug-likeness (QED) is 0.0206. The van der Waals surface area contributed by atoms with Crippen molar-refractivity contribution in [2.75, 3.05) is 49.5 Å². The average molecular weight is 807 g/mol. The summed E-state index contributed by atoms with van der Waals surface area (Å²) >= 11 is 0. The molecule has 4 aromatic carbocycles. The first-order valence-electron chi connectivity index (χ1n) is 17.3. The molecule has 16 heteroatoms. The molecule has 0 amide bonds. The van der Waals surface area contributed by atoms with Crippen LogP contribution in [0.1, 0.15) is 38.8 Å². The molecule has 59 heavy (non-hydrogen) atoms. The Balaban J connectivity index is 0.000000316. The zero-order valence-corrected chi connectivity index (χ0v) is 31.9. The van der Waals surface area contributed by atoms with E-state index in [1.165, 1.54) is 60.7 Å². The second-order valence-electron chi connectivity index (χ2n) is 12.0. The highest BCUT2D eigenvalue weighted by molar-refractivity contribution is 5.95. The number of esters is 5. The first kappa shape index (κ1) is 45.4. The molecule has 0 spiro atoms. The zero-order valence-electron chi connectivity index (χ0n) is 31.9. The average Bonchev–Trinajstić information content (AvgIpc) is 3.19. The van der Waals surface area contributed by atoms with Gasteiger partial charge in [0.25, 0.3) is 0 Å². The van der Waals surface area contributed by atoms with E-state index in [2.05, 4.69) is 17.9 Å². The molecule has 0 aliphatic carbocycles. The Morgan fingerprint density at radius 1 is 0.576 bits per heavy atom. The van der Waals surface area contributed by atoms with Crippen LogP contribution in [0.4, 0.5) is 22.7 Å². The van der Waals surface area contributed by atoms with Gasteiger partial charge in [-0.3, -0.25) is 4.79 Å². The Morgan fingerprint density at radius 3 is 1.36 bits per heavy atom. The van der Waals surface area contributed by atoms with E-state index in [-0.39, 0.29) is 43.5 Å². The molecule has 16 nitrogen and oxygen atoms in total. The third kappa shape index (κ3) is 17.1. The van der Waals surface area contributed by atoms with Gasteiger partial charge in [-0.2, -0.15) is 0 Å². The van der Waals surface area contributed by atoms with E-state index in [1.807, 2.05) is 0 Å². The van der Waals surface area contributed by atoms with Crippen molar-refractivity contribution in [2.24, 2.45) is 0 Å². The van der Waals surface area contributed by atoms with Crippen LogP contribution in [0, 0.1) is 0 Å². The minimum atomic E-state index is -0.632. The second kappa shape index (κ2) is 23.2.